The molecule has 0 nitrogen and oxygen atoms in total. The number of rotatable bonds is 3. The molecule has 1 aliphatic carbocycles. The van der Waals surface area contributed by atoms with Gasteiger partial charge in [-0.3, -0.25) is 0 Å². The fourth-order valence-electron chi connectivity index (χ4n) is 1.89. The standard InChI is InChI=1S/C11H18/c1-4-6-10-8-7-9(3)11(10)5-2/h7-8,11H,4-6H2,1-3H3. The highest BCUT2D eigenvalue weighted by Gasteiger charge is 2.16. The Balaban J connectivity index is 2.58. The average Bonchev–Trinajstić information content (AvgIpc) is 2.33. The molecule has 0 heteroatoms. The normalized spacial score (nSPS) is 23.4. The van der Waals surface area contributed by atoms with Crippen LogP contribution in [-0.2, 0) is 0 Å². The van der Waals surface area contributed by atoms with E-state index in [1.165, 1.54) is 19.3 Å². The molecule has 62 valence electrons. The lowest BCUT2D eigenvalue weighted by atomic mass is 9.91. The summed E-state index contributed by atoms with van der Waals surface area (Å²) in [4.78, 5) is 0. The zero-order chi connectivity index (χ0) is 8.27. The first-order chi connectivity index (χ1) is 5.29. The number of allylic oxidation sites excluding steroid dienone is 4. The van der Waals surface area contributed by atoms with Crippen LogP contribution in [0.1, 0.15) is 40.0 Å². The van der Waals surface area contributed by atoms with Crippen molar-refractivity contribution in [3.63, 3.8) is 0 Å². The smallest absolute Gasteiger partial charge is 0.000778 e. The summed E-state index contributed by atoms with van der Waals surface area (Å²) in [6.07, 6.45) is 8.43. The van der Waals surface area contributed by atoms with Crippen LogP contribution >= 0.6 is 0 Å². The molecule has 0 saturated carbocycles. The summed E-state index contributed by atoms with van der Waals surface area (Å²) in [7, 11) is 0. The molecule has 0 N–H and O–H groups in total. The molecule has 1 aliphatic rings. The lowest BCUT2D eigenvalue weighted by molar-refractivity contribution is 0.656. The van der Waals surface area contributed by atoms with Gasteiger partial charge in [0, 0.05) is 5.92 Å². The summed E-state index contributed by atoms with van der Waals surface area (Å²) in [5.41, 5.74) is 3.20. The molecule has 0 heterocycles. The van der Waals surface area contributed by atoms with E-state index in [9.17, 15) is 0 Å². The van der Waals surface area contributed by atoms with Crippen molar-refractivity contribution in [2.75, 3.05) is 0 Å². The van der Waals surface area contributed by atoms with E-state index in [2.05, 4.69) is 32.9 Å². The second kappa shape index (κ2) is 3.75. The highest BCUT2D eigenvalue weighted by atomic mass is 14.2. The fourth-order valence-corrected chi connectivity index (χ4v) is 1.89. The molecule has 11 heavy (non-hydrogen) atoms. The molecule has 0 radical (unpaired) electrons. The second-order valence-corrected chi connectivity index (χ2v) is 3.36. The predicted molar refractivity (Wildman–Crippen MR) is 50.5 cm³/mol. The van der Waals surface area contributed by atoms with Gasteiger partial charge >= 0.3 is 0 Å². The maximum atomic E-state index is 2.31. The molecule has 0 saturated heterocycles. The highest BCUT2D eigenvalue weighted by molar-refractivity contribution is 5.33. The van der Waals surface area contributed by atoms with Crippen molar-refractivity contribution in [1.82, 2.24) is 0 Å². The van der Waals surface area contributed by atoms with Gasteiger partial charge < -0.3 is 0 Å². The Hall–Kier alpha value is -0.520. The summed E-state index contributed by atoms with van der Waals surface area (Å²) in [6.45, 7) is 6.77. The average molecular weight is 150 g/mol. The van der Waals surface area contributed by atoms with E-state index < -0.39 is 0 Å². The van der Waals surface area contributed by atoms with Gasteiger partial charge in [0.1, 0.15) is 0 Å². The first kappa shape index (κ1) is 8.58. The van der Waals surface area contributed by atoms with Crippen LogP contribution in [0.15, 0.2) is 23.3 Å². The first-order valence-electron chi connectivity index (χ1n) is 4.66. The largest absolute Gasteiger partial charge is 0.0662 e. The molecule has 0 amide bonds. The minimum atomic E-state index is 0.773. The Kier molecular flexibility index (Phi) is 2.92. The van der Waals surface area contributed by atoms with Crippen LogP contribution in [0.5, 0.6) is 0 Å². The van der Waals surface area contributed by atoms with Crippen molar-refractivity contribution in [3.05, 3.63) is 23.3 Å². The number of hydrogen-bond acceptors (Lipinski definition) is 0. The lowest BCUT2D eigenvalue weighted by Gasteiger charge is -2.13. The Morgan fingerprint density at radius 3 is 2.55 bits per heavy atom. The third-order valence-corrected chi connectivity index (χ3v) is 2.50. The van der Waals surface area contributed by atoms with E-state index in [0.29, 0.717) is 0 Å². The van der Waals surface area contributed by atoms with Crippen molar-refractivity contribution < 1.29 is 0 Å². The molecule has 0 aromatic rings. The van der Waals surface area contributed by atoms with Crippen molar-refractivity contribution >= 4 is 0 Å². The third-order valence-electron chi connectivity index (χ3n) is 2.50. The Bertz CT molecular complexity index is 184. The molecule has 0 bridgehead atoms. The Labute approximate surface area is 70.0 Å². The van der Waals surface area contributed by atoms with Gasteiger partial charge in [-0.25, -0.2) is 0 Å². The van der Waals surface area contributed by atoms with Gasteiger partial charge in [0.2, 0.25) is 0 Å². The third kappa shape index (κ3) is 1.74. The molecule has 1 unspecified atom stereocenters. The Morgan fingerprint density at radius 2 is 2.00 bits per heavy atom. The maximum Gasteiger partial charge on any atom is 0.000778 e. The van der Waals surface area contributed by atoms with Gasteiger partial charge in [0.15, 0.2) is 0 Å². The van der Waals surface area contributed by atoms with Gasteiger partial charge in [0.25, 0.3) is 0 Å². The molecular formula is C11H18. The lowest BCUT2D eigenvalue weighted by Crippen LogP contribution is -2.00. The van der Waals surface area contributed by atoms with Crippen LogP contribution in [0.2, 0.25) is 0 Å². The SMILES string of the molecule is CCCC1=CC=C(C)C1CC. The molecule has 1 rings (SSSR count). The highest BCUT2D eigenvalue weighted by Crippen LogP contribution is 2.31. The second-order valence-electron chi connectivity index (χ2n) is 3.36. The molecule has 0 aromatic heterocycles. The molecular weight excluding hydrogens is 132 g/mol. The van der Waals surface area contributed by atoms with Crippen LogP contribution in [0, 0.1) is 5.92 Å². The van der Waals surface area contributed by atoms with E-state index in [4.69, 9.17) is 0 Å². The van der Waals surface area contributed by atoms with Gasteiger partial charge in [-0.05, 0) is 19.8 Å². The Morgan fingerprint density at radius 1 is 1.27 bits per heavy atom. The zero-order valence-corrected chi connectivity index (χ0v) is 7.85. The monoisotopic (exact) mass is 150 g/mol. The van der Waals surface area contributed by atoms with Gasteiger partial charge in [-0.15, -0.1) is 0 Å². The van der Waals surface area contributed by atoms with E-state index in [1.54, 1.807) is 11.1 Å². The quantitative estimate of drug-likeness (QED) is 0.575. The van der Waals surface area contributed by atoms with E-state index in [1.807, 2.05) is 0 Å². The number of hydrogen-bond donors (Lipinski definition) is 0. The van der Waals surface area contributed by atoms with Crippen molar-refractivity contribution in [2.24, 2.45) is 5.92 Å². The minimum absolute atomic E-state index is 0.773. The fraction of sp³-hybridized carbons (Fsp3) is 0.636. The van der Waals surface area contributed by atoms with Crippen molar-refractivity contribution in [3.8, 4) is 0 Å². The van der Waals surface area contributed by atoms with Gasteiger partial charge in [-0.2, -0.15) is 0 Å². The predicted octanol–water partition coefficient (Wildman–Crippen LogP) is 3.70. The topological polar surface area (TPSA) is 0 Å². The first-order valence-corrected chi connectivity index (χ1v) is 4.66. The van der Waals surface area contributed by atoms with Crippen LogP contribution in [0.4, 0.5) is 0 Å². The summed E-state index contributed by atoms with van der Waals surface area (Å²) in [6, 6.07) is 0. The summed E-state index contributed by atoms with van der Waals surface area (Å²) in [5.74, 6) is 0.773. The zero-order valence-electron chi connectivity index (χ0n) is 7.85. The molecule has 1 atom stereocenters. The van der Waals surface area contributed by atoms with Crippen LogP contribution in [-0.4, -0.2) is 0 Å². The van der Waals surface area contributed by atoms with E-state index in [0.717, 1.165) is 5.92 Å². The van der Waals surface area contributed by atoms with E-state index >= 15 is 0 Å². The summed E-state index contributed by atoms with van der Waals surface area (Å²) < 4.78 is 0. The van der Waals surface area contributed by atoms with Crippen molar-refractivity contribution in [2.45, 2.75) is 40.0 Å². The van der Waals surface area contributed by atoms with Crippen molar-refractivity contribution in [1.29, 1.82) is 0 Å². The van der Waals surface area contributed by atoms with Crippen LogP contribution in [0.25, 0.3) is 0 Å². The van der Waals surface area contributed by atoms with Crippen LogP contribution in [0.3, 0.4) is 0 Å². The van der Waals surface area contributed by atoms with E-state index in [-0.39, 0.29) is 0 Å². The molecule has 0 aromatic carbocycles. The molecule has 0 fully saturated rings. The van der Waals surface area contributed by atoms with Gasteiger partial charge in [-0.1, -0.05) is 43.6 Å². The minimum Gasteiger partial charge on any atom is -0.0662 e. The van der Waals surface area contributed by atoms with Crippen LogP contribution < -0.4 is 0 Å². The molecule has 0 aliphatic heterocycles. The van der Waals surface area contributed by atoms with Gasteiger partial charge in [0.05, 0.1) is 0 Å². The summed E-state index contributed by atoms with van der Waals surface area (Å²) in [5, 5.41) is 0. The maximum absolute atomic E-state index is 2.31. The molecule has 0 spiro atoms. The summed E-state index contributed by atoms with van der Waals surface area (Å²) >= 11 is 0.